The van der Waals surface area contributed by atoms with E-state index in [0.717, 1.165) is 47.8 Å². The van der Waals surface area contributed by atoms with Crippen molar-refractivity contribution in [3.8, 4) is 17.1 Å². The zero-order valence-electron chi connectivity index (χ0n) is 18.1. The minimum atomic E-state index is 0.275. The first kappa shape index (κ1) is 22.0. The first-order valence-electron chi connectivity index (χ1n) is 11.0. The van der Waals surface area contributed by atoms with Gasteiger partial charge in [0.25, 0.3) is 0 Å². The molecule has 3 aromatic rings. The molecule has 0 fully saturated rings. The predicted octanol–water partition coefficient (Wildman–Crippen LogP) is 6.78. The fourth-order valence-corrected chi connectivity index (χ4v) is 3.41. The lowest BCUT2D eigenvalue weighted by Crippen LogP contribution is -2.08. The zero-order chi connectivity index (χ0) is 21.2. The van der Waals surface area contributed by atoms with Crippen LogP contribution in [0.3, 0.4) is 0 Å². The third-order valence-corrected chi connectivity index (χ3v) is 5.20. The van der Waals surface area contributed by atoms with Crippen LogP contribution in [-0.4, -0.2) is 27.8 Å². The lowest BCUT2D eigenvalue weighted by Gasteiger charge is -2.11. The average Bonchev–Trinajstić information content (AvgIpc) is 2.76. The van der Waals surface area contributed by atoms with Gasteiger partial charge in [0.15, 0.2) is 5.82 Å². The van der Waals surface area contributed by atoms with Crippen molar-refractivity contribution < 1.29 is 9.84 Å². The Morgan fingerprint density at radius 2 is 1.77 bits per heavy atom. The number of phenols is 1. The normalized spacial score (nSPS) is 12.6. The number of benzene rings is 2. The molecule has 0 amide bonds. The maximum atomic E-state index is 9.59. The van der Waals surface area contributed by atoms with E-state index in [-0.39, 0.29) is 5.75 Å². The van der Waals surface area contributed by atoms with Crippen molar-refractivity contribution in [2.75, 3.05) is 6.61 Å². The Hall–Kier alpha value is -2.72. The summed E-state index contributed by atoms with van der Waals surface area (Å²) in [4.78, 5) is 9.03. The van der Waals surface area contributed by atoms with Crippen LogP contribution in [0.25, 0.3) is 28.2 Å². The summed E-state index contributed by atoms with van der Waals surface area (Å²) in [5, 5.41) is 11.6. The van der Waals surface area contributed by atoms with Gasteiger partial charge in [0.1, 0.15) is 5.75 Å². The topological polar surface area (TPSA) is 55.2 Å². The fraction of sp³-hybridized carbons (Fsp3) is 0.385. The highest BCUT2D eigenvalue weighted by atomic mass is 16.5. The Morgan fingerprint density at radius 3 is 2.57 bits per heavy atom. The van der Waals surface area contributed by atoms with Crippen LogP contribution < -0.4 is 0 Å². The van der Waals surface area contributed by atoms with E-state index in [1.54, 1.807) is 12.1 Å². The summed E-state index contributed by atoms with van der Waals surface area (Å²) in [6, 6.07) is 11.4. The summed E-state index contributed by atoms with van der Waals surface area (Å²) in [7, 11) is 0. The maximum absolute atomic E-state index is 9.59. The van der Waals surface area contributed by atoms with Crippen LogP contribution in [0.4, 0.5) is 0 Å². The second-order valence-corrected chi connectivity index (χ2v) is 7.81. The molecule has 2 aromatic carbocycles. The molecule has 0 spiro atoms. The van der Waals surface area contributed by atoms with Gasteiger partial charge in [-0.15, -0.1) is 0 Å². The summed E-state index contributed by atoms with van der Waals surface area (Å²) in [6.45, 7) is 5.26. The molecule has 0 saturated heterocycles. The van der Waals surface area contributed by atoms with E-state index in [1.165, 1.54) is 19.3 Å². The summed E-state index contributed by atoms with van der Waals surface area (Å²) in [5.74, 6) is 0.979. The van der Waals surface area contributed by atoms with Crippen LogP contribution in [0, 0.1) is 0 Å². The Bertz CT molecular complexity index is 951. The average molecular weight is 405 g/mol. The molecule has 158 valence electrons. The third-order valence-electron chi connectivity index (χ3n) is 5.20. The molecule has 0 saturated carbocycles. The number of aromatic nitrogens is 2. The highest BCUT2D eigenvalue weighted by Crippen LogP contribution is 2.25. The second kappa shape index (κ2) is 11.5. The molecule has 4 nitrogen and oxygen atoms in total. The predicted molar refractivity (Wildman–Crippen MR) is 124 cm³/mol. The lowest BCUT2D eigenvalue weighted by atomic mass is 10.1. The van der Waals surface area contributed by atoms with E-state index in [2.05, 4.69) is 36.0 Å². The van der Waals surface area contributed by atoms with Crippen molar-refractivity contribution in [1.29, 1.82) is 0 Å². The first-order chi connectivity index (χ1) is 14.7. The van der Waals surface area contributed by atoms with Crippen molar-refractivity contribution in [3.05, 3.63) is 60.4 Å². The van der Waals surface area contributed by atoms with E-state index in [4.69, 9.17) is 4.74 Å². The third kappa shape index (κ3) is 6.67. The van der Waals surface area contributed by atoms with Gasteiger partial charge < -0.3 is 9.84 Å². The minimum Gasteiger partial charge on any atom is -0.508 e. The number of hydrogen-bond donors (Lipinski definition) is 1. The number of unbranched alkanes of at least 4 members (excludes halogenated alkanes) is 3. The molecule has 0 aliphatic heterocycles. The van der Waals surface area contributed by atoms with Crippen LogP contribution in [0.1, 0.15) is 57.9 Å². The number of fused-ring (bicyclic) bond motifs is 1. The monoisotopic (exact) mass is 404 g/mol. The standard InChI is InChI=1S/C26H32N2O2/c1-3-4-8-15-30-20(2)9-6-5-7-10-21-18-27-26(28-19-21)24-12-11-23-17-25(29)14-13-22(23)16-24/h7,10-14,16-20,29H,3-6,8-9,15H2,1-2H3. The van der Waals surface area contributed by atoms with Crippen molar-refractivity contribution in [1.82, 2.24) is 9.97 Å². The van der Waals surface area contributed by atoms with Crippen LogP contribution >= 0.6 is 0 Å². The molecule has 1 aromatic heterocycles. The highest BCUT2D eigenvalue weighted by molar-refractivity contribution is 5.87. The van der Waals surface area contributed by atoms with Crippen molar-refractivity contribution in [2.24, 2.45) is 0 Å². The van der Waals surface area contributed by atoms with Gasteiger partial charge in [0.2, 0.25) is 0 Å². The number of rotatable bonds is 11. The number of aromatic hydroxyl groups is 1. The molecule has 0 aliphatic carbocycles. The SMILES string of the molecule is CCCCCOC(C)CCCC=Cc1cnc(-c2ccc3cc(O)ccc3c2)nc1. The van der Waals surface area contributed by atoms with Crippen molar-refractivity contribution in [3.63, 3.8) is 0 Å². The Kier molecular flexibility index (Phi) is 8.40. The van der Waals surface area contributed by atoms with Gasteiger partial charge in [0, 0.05) is 30.1 Å². The molecule has 30 heavy (non-hydrogen) atoms. The van der Waals surface area contributed by atoms with Crippen LogP contribution in [0.5, 0.6) is 5.75 Å². The second-order valence-electron chi connectivity index (χ2n) is 7.81. The Labute approximate surface area is 179 Å². The Morgan fingerprint density at radius 1 is 1.00 bits per heavy atom. The van der Waals surface area contributed by atoms with Crippen molar-refractivity contribution in [2.45, 2.75) is 58.5 Å². The number of allylic oxidation sites excluding steroid dienone is 1. The molecule has 1 heterocycles. The smallest absolute Gasteiger partial charge is 0.159 e. The van der Waals surface area contributed by atoms with Gasteiger partial charge in [-0.1, -0.05) is 50.1 Å². The molecular weight excluding hydrogens is 372 g/mol. The Balaban J connectivity index is 1.47. The minimum absolute atomic E-state index is 0.275. The molecule has 1 N–H and O–H groups in total. The largest absolute Gasteiger partial charge is 0.508 e. The van der Waals surface area contributed by atoms with Crippen molar-refractivity contribution >= 4 is 16.8 Å². The molecule has 1 unspecified atom stereocenters. The fourth-order valence-electron chi connectivity index (χ4n) is 3.41. The van der Waals surface area contributed by atoms with E-state index in [0.29, 0.717) is 11.9 Å². The van der Waals surface area contributed by atoms with E-state index < -0.39 is 0 Å². The number of phenolic OH excluding ortho intramolecular Hbond substituents is 1. The van der Waals surface area contributed by atoms with Gasteiger partial charge in [-0.2, -0.15) is 0 Å². The van der Waals surface area contributed by atoms with Gasteiger partial charge in [-0.05, 0) is 61.6 Å². The highest BCUT2D eigenvalue weighted by Gasteiger charge is 2.04. The number of ether oxygens (including phenoxy) is 1. The number of nitrogens with zero attached hydrogens (tertiary/aromatic N) is 2. The van der Waals surface area contributed by atoms with E-state index >= 15 is 0 Å². The van der Waals surface area contributed by atoms with Crippen LogP contribution in [-0.2, 0) is 4.74 Å². The lowest BCUT2D eigenvalue weighted by molar-refractivity contribution is 0.0566. The summed E-state index contributed by atoms with van der Waals surface area (Å²) in [6.07, 6.45) is 15.2. The molecule has 0 aliphatic rings. The van der Waals surface area contributed by atoms with Gasteiger partial charge >= 0.3 is 0 Å². The molecular formula is C26H32N2O2. The van der Waals surface area contributed by atoms with E-state index in [1.807, 2.05) is 36.7 Å². The van der Waals surface area contributed by atoms with E-state index in [9.17, 15) is 5.11 Å². The zero-order valence-corrected chi connectivity index (χ0v) is 18.1. The molecule has 0 bridgehead atoms. The summed E-state index contributed by atoms with van der Waals surface area (Å²) < 4.78 is 5.84. The maximum Gasteiger partial charge on any atom is 0.159 e. The first-order valence-corrected chi connectivity index (χ1v) is 11.0. The number of hydrogen-bond acceptors (Lipinski definition) is 4. The summed E-state index contributed by atoms with van der Waals surface area (Å²) >= 11 is 0. The van der Waals surface area contributed by atoms with Gasteiger partial charge in [0.05, 0.1) is 6.10 Å². The quantitative estimate of drug-likeness (QED) is 0.358. The molecule has 3 rings (SSSR count). The molecule has 1 atom stereocenters. The van der Waals surface area contributed by atoms with Crippen LogP contribution in [0.15, 0.2) is 54.9 Å². The van der Waals surface area contributed by atoms with Crippen LogP contribution in [0.2, 0.25) is 0 Å². The van der Waals surface area contributed by atoms with Gasteiger partial charge in [-0.25, -0.2) is 9.97 Å². The van der Waals surface area contributed by atoms with Gasteiger partial charge in [-0.3, -0.25) is 0 Å². The molecule has 0 radical (unpaired) electrons. The molecule has 4 heteroatoms. The summed E-state index contributed by atoms with van der Waals surface area (Å²) in [5.41, 5.74) is 1.98.